The fourth-order valence-corrected chi connectivity index (χ4v) is 4.42. The van der Waals surface area contributed by atoms with Gasteiger partial charge in [0.1, 0.15) is 0 Å². The first kappa shape index (κ1) is 9.00. The molecule has 2 saturated carbocycles. The maximum Gasteiger partial charge on any atom is 0.235 e. The summed E-state index contributed by atoms with van der Waals surface area (Å²) in [5.41, 5.74) is 0.339. The van der Waals surface area contributed by atoms with Crippen LogP contribution in [0, 0.1) is 11.3 Å². The third kappa shape index (κ3) is 0.861. The summed E-state index contributed by atoms with van der Waals surface area (Å²) in [6, 6.07) is 0. The Morgan fingerprint density at radius 3 is 2.40 bits per heavy atom. The summed E-state index contributed by atoms with van der Waals surface area (Å²) < 4.78 is 11.8. The highest BCUT2D eigenvalue weighted by atomic mass is 17.0. The maximum absolute atomic E-state index is 5.89. The summed E-state index contributed by atoms with van der Waals surface area (Å²) in [5.74, 6) is 0.688. The van der Waals surface area contributed by atoms with Crippen LogP contribution >= 0.6 is 0 Å². The van der Waals surface area contributed by atoms with Gasteiger partial charge < -0.3 is 9.47 Å². The van der Waals surface area contributed by atoms with Crippen LogP contribution in [0.5, 0.6) is 0 Å². The van der Waals surface area contributed by atoms with Crippen molar-refractivity contribution in [3.05, 3.63) is 0 Å². The van der Waals surface area contributed by atoms with E-state index in [0.717, 1.165) is 12.3 Å². The van der Waals surface area contributed by atoms with E-state index in [0.29, 0.717) is 5.41 Å². The van der Waals surface area contributed by atoms with Gasteiger partial charge in [-0.15, -0.1) is 0 Å². The zero-order valence-corrected chi connectivity index (χ0v) is 9.55. The van der Waals surface area contributed by atoms with Crippen molar-refractivity contribution in [2.24, 2.45) is 11.3 Å². The first-order valence-electron chi connectivity index (χ1n) is 6.63. The fourth-order valence-electron chi connectivity index (χ4n) is 4.42. The van der Waals surface area contributed by atoms with Crippen molar-refractivity contribution >= 4 is 0 Å². The van der Waals surface area contributed by atoms with E-state index in [1.807, 2.05) is 0 Å². The Hall–Kier alpha value is -0.0800. The van der Waals surface area contributed by atoms with Crippen LogP contribution in [0.15, 0.2) is 0 Å². The van der Waals surface area contributed by atoms with Gasteiger partial charge in [0.25, 0.3) is 0 Å². The molecule has 84 valence electrons. The van der Waals surface area contributed by atoms with E-state index in [-0.39, 0.29) is 11.6 Å². The van der Waals surface area contributed by atoms with E-state index in [1.165, 1.54) is 44.9 Å². The van der Waals surface area contributed by atoms with Gasteiger partial charge in [0.15, 0.2) is 0 Å². The number of ether oxygens (including phenoxy) is 2. The SMILES string of the molecule is CC1(C2CCCCC2)CCCC23OC21O3. The highest BCUT2D eigenvalue weighted by Gasteiger charge is 2.97. The van der Waals surface area contributed by atoms with Crippen molar-refractivity contribution in [3.63, 3.8) is 0 Å². The van der Waals surface area contributed by atoms with Gasteiger partial charge in [-0.1, -0.05) is 26.2 Å². The topological polar surface area (TPSA) is 25.1 Å². The molecule has 2 nitrogen and oxygen atoms in total. The number of rotatable bonds is 1. The van der Waals surface area contributed by atoms with Crippen LogP contribution in [0.3, 0.4) is 0 Å². The summed E-state index contributed by atoms with van der Waals surface area (Å²) in [4.78, 5) is 0. The molecule has 4 fully saturated rings. The molecule has 0 aromatic rings. The third-order valence-electron chi connectivity index (χ3n) is 5.50. The lowest BCUT2D eigenvalue weighted by Gasteiger charge is -2.40. The Bertz CT molecular complexity index is 300. The number of hydrogen-bond donors (Lipinski definition) is 0. The van der Waals surface area contributed by atoms with E-state index < -0.39 is 0 Å². The standard InChI is InChI=1S/C13H20O2/c1-11(10-6-3-2-4-7-10)8-5-9-12-13(11,14-12)15-12/h10H,2-9H2,1H3. The van der Waals surface area contributed by atoms with E-state index in [9.17, 15) is 0 Å². The molecule has 2 saturated heterocycles. The van der Waals surface area contributed by atoms with Crippen LogP contribution < -0.4 is 0 Å². The quantitative estimate of drug-likeness (QED) is 0.618. The Labute approximate surface area is 91.3 Å². The average Bonchev–Trinajstić information content (AvgIpc) is 3.06. The lowest BCUT2D eigenvalue weighted by molar-refractivity contribution is -0.148. The predicted molar refractivity (Wildman–Crippen MR) is 56.2 cm³/mol. The van der Waals surface area contributed by atoms with Gasteiger partial charge in [-0.3, -0.25) is 0 Å². The third-order valence-corrected chi connectivity index (χ3v) is 5.50. The Morgan fingerprint density at radius 1 is 0.933 bits per heavy atom. The fraction of sp³-hybridized carbons (Fsp3) is 1.00. The van der Waals surface area contributed by atoms with E-state index in [1.54, 1.807) is 0 Å². The molecule has 15 heavy (non-hydrogen) atoms. The molecular weight excluding hydrogens is 188 g/mol. The van der Waals surface area contributed by atoms with Crippen LogP contribution in [0.4, 0.5) is 0 Å². The molecule has 0 bridgehead atoms. The summed E-state index contributed by atoms with van der Waals surface area (Å²) >= 11 is 0. The smallest absolute Gasteiger partial charge is 0.235 e. The van der Waals surface area contributed by atoms with E-state index in [2.05, 4.69) is 6.92 Å². The first-order chi connectivity index (χ1) is 7.23. The van der Waals surface area contributed by atoms with Crippen LogP contribution in [0.2, 0.25) is 0 Å². The van der Waals surface area contributed by atoms with Crippen LogP contribution in [0.1, 0.15) is 58.3 Å². The lowest BCUT2D eigenvalue weighted by atomic mass is 9.62. The number of hydrogen-bond acceptors (Lipinski definition) is 2. The minimum absolute atomic E-state index is 0.0720. The van der Waals surface area contributed by atoms with E-state index >= 15 is 0 Å². The molecular formula is C13H20O2. The summed E-state index contributed by atoms with van der Waals surface area (Å²) in [6.07, 6.45) is 10.9. The molecule has 0 spiro atoms. The summed E-state index contributed by atoms with van der Waals surface area (Å²) in [7, 11) is 0. The molecule has 0 radical (unpaired) electrons. The van der Waals surface area contributed by atoms with Crippen molar-refractivity contribution in [1.29, 1.82) is 0 Å². The lowest BCUT2D eigenvalue weighted by Crippen LogP contribution is -2.39. The molecule has 0 amide bonds. The molecule has 2 aliphatic heterocycles. The Balaban J connectivity index is 1.63. The van der Waals surface area contributed by atoms with Crippen molar-refractivity contribution < 1.29 is 9.47 Å². The van der Waals surface area contributed by atoms with Crippen molar-refractivity contribution in [2.45, 2.75) is 69.9 Å². The van der Waals surface area contributed by atoms with Gasteiger partial charge in [0, 0.05) is 11.8 Å². The highest BCUT2D eigenvalue weighted by Crippen LogP contribution is 2.82. The molecule has 0 aromatic heterocycles. The van der Waals surface area contributed by atoms with Crippen molar-refractivity contribution in [1.82, 2.24) is 0 Å². The van der Waals surface area contributed by atoms with Crippen LogP contribution in [0.25, 0.3) is 0 Å². The molecule has 0 aromatic carbocycles. The second-order valence-corrected chi connectivity index (χ2v) is 6.18. The van der Waals surface area contributed by atoms with Gasteiger partial charge >= 0.3 is 0 Å². The van der Waals surface area contributed by atoms with Crippen LogP contribution in [-0.2, 0) is 9.47 Å². The maximum atomic E-state index is 5.89. The average molecular weight is 208 g/mol. The normalized spacial score (nSPS) is 58.2. The minimum atomic E-state index is -0.0970. The zero-order valence-electron chi connectivity index (χ0n) is 9.55. The van der Waals surface area contributed by atoms with Gasteiger partial charge in [0.05, 0.1) is 0 Å². The monoisotopic (exact) mass is 208 g/mol. The second kappa shape index (κ2) is 2.43. The predicted octanol–water partition coefficient (Wildman–Crippen LogP) is 3.21. The Morgan fingerprint density at radius 2 is 1.67 bits per heavy atom. The van der Waals surface area contributed by atoms with Crippen molar-refractivity contribution in [2.75, 3.05) is 0 Å². The summed E-state index contributed by atoms with van der Waals surface area (Å²) in [5, 5.41) is 0. The molecule has 4 aliphatic rings. The van der Waals surface area contributed by atoms with Gasteiger partial charge in [-0.05, 0) is 31.6 Å². The Kier molecular flexibility index (Phi) is 1.46. The van der Waals surface area contributed by atoms with Crippen LogP contribution in [-0.4, -0.2) is 11.6 Å². The highest BCUT2D eigenvalue weighted by molar-refractivity contribution is 5.28. The molecule has 2 aliphatic carbocycles. The zero-order chi connectivity index (χ0) is 10.1. The van der Waals surface area contributed by atoms with Gasteiger partial charge in [-0.25, -0.2) is 0 Å². The number of epoxide rings is 2. The summed E-state index contributed by atoms with van der Waals surface area (Å²) in [6.45, 7) is 2.43. The molecule has 1 atom stereocenters. The van der Waals surface area contributed by atoms with Gasteiger partial charge in [-0.2, -0.15) is 0 Å². The molecule has 4 rings (SSSR count). The van der Waals surface area contributed by atoms with Crippen molar-refractivity contribution in [3.8, 4) is 0 Å². The molecule has 2 heteroatoms. The molecule has 0 N–H and O–H groups in total. The molecule has 2 heterocycles. The van der Waals surface area contributed by atoms with Gasteiger partial charge in [0.2, 0.25) is 11.6 Å². The first-order valence-corrected chi connectivity index (χ1v) is 6.63. The largest absolute Gasteiger partial charge is 0.306 e. The van der Waals surface area contributed by atoms with E-state index in [4.69, 9.17) is 9.47 Å². The molecule has 1 unspecified atom stereocenters. The minimum Gasteiger partial charge on any atom is -0.306 e. The second-order valence-electron chi connectivity index (χ2n) is 6.18.